The number of nitrogens with one attached hydrogen (secondary N) is 1. The van der Waals surface area contributed by atoms with Crippen molar-refractivity contribution in [2.75, 3.05) is 19.5 Å². The number of nitriles is 1. The van der Waals surface area contributed by atoms with E-state index in [0.717, 1.165) is 6.42 Å². The molecular weight excluding hydrogens is 366 g/mol. The van der Waals surface area contributed by atoms with E-state index >= 15 is 0 Å². The predicted octanol–water partition coefficient (Wildman–Crippen LogP) is 3.14. The number of benzene rings is 1. The van der Waals surface area contributed by atoms with Gasteiger partial charge in [0.2, 0.25) is 0 Å². The van der Waals surface area contributed by atoms with Gasteiger partial charge in [-0.15, -0.1) is 0 Å². The van der Waals surface area contributed by atoms with Crippen LogP contribution in [0.3, 0.4) is 0 Å². The highest BCUT2D eigenvalue weighted by Gasteiger charge is 2.13. The van der Waals surface area contributed by atoms with Gasteiger partial charge in [-0.2, -0.15) is 5.26 Å². The lowest BCUT2D eigenvalue weighted by Gasteiger charge is -2.08. The molecule has 0 unspecified atom stereocenters. The molecule has 8 heteroatoms. The van der Waals surface area contributed by atoms with Crippen LogP contribution in [0.4, 0.5) is 0 Å². The van der Waals surface area contributed by atoms with Gasteiger partial charge in [0, 0.05) is 12.0 Å². The molecule has 0 atom stereocenters. The molecule has 1 heterocycles. The van der Waals surface area contributed by atoms with Gasteiger partial charge in [0.05, 0.1) is 18.9 Å². The zero-order valence-corrected chi connectivity index (χ0v) is 16.1. The van der Waals surface area contributed by atoms with E-state index in [-0.39, 0.29) is 11.5 Å². The van der Waals surface area contributed by atoms with Gasteiger partial charge >= 0.3 is 5.97 Å². The van der Waals surface area contributed by atoms with E-state index in [2.05, 4.69) is 9.97 Å². The molecule has 0 saturated carbocycles. The standard InChI is InChI=1S/C19H21N3O4S/c1-3-25-16(23)6-4-5-11-26-14-9-7-13(8-10-14)17-15(12-20)18(24)22-19(21-17)27-2/h7-10H,3-6,11H2,1-2H3,(H,21,22,24). The molecule has 1 aromatic carbocycles. The monoisotopic (exact) mass is 387 g/mol. The molecule has 1 aromatic heterocycles. The Balaban J connectivity index is 1.98. The first-order valence-electron chi connectivity index (χ1n) is 8.56. The van der Waals surface area contributed by atoms with Crippen LogP contribution in [0, 0.1) is 11.3 Å². The highest BCUT2D eigenvalue weighted by Crippen LogP contribution is 2.23. The van der Waals surface area contributed by atoms with Gasteiger partial charge in [-0.25, -0.2) is 4.98 Å². The molecule has 0 radical (unpaired) electrons. The van der Waals surface area contributed by atoms with Gasteiger partial charge in [0.1, 0.15) is 17.4 Å². The number of hydrogen-bond acceptors (Lipinski definition) is 7. The van der Waals surface area contributed by atoms with Crippen molar-refractivity contribution in [3.05, 3.63) is 40.2 Å². The van der Waals surface area contributed by atoms with E-state index in [1.807, 2.05) is 6.07 Å². The zero-order chi connectivity index (χ0) is 19.6. The molecule has 0 fully saturated rings. The highest BCUT2D eigenvalue weighted by atomic mass is 32.2. The fourth-order valence-corrected chi connectivity index (χ4v) is 2.74. The number of carbonyl (C=O) groups excluding carboxylic acids is 1. The molecule has 0 spiro atoms. The van der Waals surface area contributed by atoms with Crippen molar-refractivity contribution in [1.82, 2.24) is 9.97 Å². The Hall–Kier alpha value is -2.79. The molecule has 27 heavy (non-hydrogen) atoms. The molecule has 0 aliphatic carbocycles. The van der Waals surface area contributed by atoms with Gasteiger partial charge < -0.3 is 14.5 Å². The van der Waals surface area contributed by atoms with Crippen LogP contribution in [0.25, 0.3) is 11.3 Å². The zero-order valence-electron chi connectivity index (χ0n) is 15.3. The SMILES string of the molecule is CCOC(=O)CCCCOc1ccc(-c2nc(SC)[nH]c(=O)c2C#N)cc1. The van der Waals surface area contributed by atoms with Crippen LogP contribution >= 0.6 is 11.8 Å². The first kappa shape index (κ1) is 20.5. The van der Waals surface area contributed by atoms with E-state index in [4.69, 9.17) is 9.47 Å². The van der Waals surface area contributed by atoms with E-state index in [9.17, 15) is 14.9 Å². The fourth-order valence-electron chi connectivity index (χ4n) is 2.37. The number of esters is 1. The van der Waals surface area contributed by atoms with E-state index in [1.54, 1.807) is 37.4 Å². The van der Waals surface area contributed by atoms with Gasteiger partial charge in [0.15, 0.2) is 5.16 Å². The Kier molecular flexibility index (Phi) is 7.89. The lowest BCUT2D eigenvalue weighted by molar-refractivity contribution is -0.143. The lowest BCUT2D eigenvalue weighted by Crippen LogP contribution is -2.14. The molecule has 7 nitrogen and oxygen atoms in total. The number of unbranched alkanes of at least 4 members (excludes halogenated alkanes) is 1. The van der Waals surface area contributed by atoms with Crippen LogP contribution in [0.1, 0.15) is 31.7 Å². The highest BCUT2D eigenvalue weighted by molar-refractivity contribution is 7.98. The van der Waals surface area contributed by atoms with Crippen molar-refractivity contribution in [3.63, 3.8) is 0 Å². The number of thioether (sulfide) groups is 1. The molecule has 1 N–H and O–H groups in total. The first-order chi connectivity index (χ1) is 13.1. The van der Waals surface area contributed by atoms with Crippen molar-refractivity contribution in [2.24, 2.45) is 0 Å². The maximum Gasteiger partial charge on any atom is 0.305 e. The molecule has 0 amide bonds. The fraction of sp³-hybridized carbons (Fsp3) is 0.368. The number of ether oxygens (including phenoxy) is 2. The summed E-state index contributed by atoms with van der Waals surface area (Å²) < 4.78 is 10.5. The molecule has 0 aliphatic rings. The Morgan fingerprint density at radius 1 is 1.30 bits per heavy atom. The van der Waals surface area contributed by atoms with Gasteiger partial charge in [-0.3, -0.25) is 9.59 Å². The Morgan fingerprint density at radius 3 is 2.67 bits per heavy atom. The van der Waals surface area contributed by atoms with Gasteiger partial charge in [-0.05, 0) is 50.3 Å². The van der Waals surface area contributed by atoms with Crippen LogP contribution in [0.2, 0.25) is 0 Å². The summed E-state index contributed by atoms with van der Waals surface area (Å²) in [7, 11) is 0. The third-order valence-electron chi connectivity index (χ3n) is 3.68. The first-order valence-corrected chi connectivity index (χ1v) is 9.78. The summed E-state index contributed by atoms with van der Waals surface area (Å²) >= 11 is 1.30. The molecule has 2 rings (SSSR count). The summed E-state index contributed by atoms with van der Waals surface area (Å²) in [4.78, 5) is 30.2. The summed E-state index contributed by atoms with van der Waals surface area (Å²) in [6.07, 6.45) is 3.63. The minimum atomic E-state index is -0.450. The minimum absolute atomic E-state index is 0.0135. The Morgan fingerprint density at radius 2 is 2.04 bits per heavy atom. The molecule has 0 bridgehead atoms. The second-order valence-electron chi connectivity index (χ2n) is 5.55. The largest absolute Gasteiger partial charge is 0.494 e. The number of rotatable bonds is 9. The van der Waals surface area contributed by atoms with Crippen LogP contribution in [-0.4, -0.2) is 35.4 Å². The van der Waals surface area contributed by atoms with Gasteiger partial charge in [0.25, 0.3) is 5.56 Å². The van der Waals surface area contributed by atoms with Gasteiger partial charge in [-0.1, -0.05) is 11.8 Å². The average molecular weight is 387 g/mol. The number of H-pyrrole nitrogens is 1. The number of hydrogen-bond donors (Lipinski definition) is 1. The Bertz CT molecular complexity index is 872. The van der Waals surface area contributed by atoms with Crippen molar-refractivity contribution in [3.8, 4) is 23.1 Å². The van der Waals surface area contributed by atoms with E-state index in [0.29, 0.717) is 48.2 Å². The average Bonchev–Trinajstić information content (AvgIpc) is 2.67. The normalized spacial score (nSPS) is 10.3. The summed E-state index contributed by atoms with van der Waals surface area (Å²) in [5, 5.41) is 9.70. The minimum Gasteiger partial charge on any atom is -0.494 e. The summed E-state index contributed by atoms with van der Waals surface area (Å²) in [6, 6.07) is 8.97. The van der Waals surface area contributed by atoms with Crippen LogP contribution < -0.4 is 10.3 Å². The van der Waals surface area contributed by atoms with Crippen LogP contribution in [0.15, 0.2) is 34.2 Å². The number of carbonyl (C=O) groups is 1. The Labute approximate surface area is 161 Å². The third kappa shape index (κ3) is 5.86. The molecule has 0 saturated heterocycles. The third-order valence-corrected chi connectivity index (χ3v) is 4.26. The predicted molar refractivity (Wildman–Crippen MR) is 103 cm³/mol. The van der Waals surface area contributed by atoms with E-state index < -0.39 is 5.56 Å². The van der Waals surface area contributed by atoms with Crippen molar-refractivity contribution < 1.29 is 14.3 Å². The number of aromatic nitrogens is 2. The van der Waals surface area contributed by atoms with Crippen molar-refractivity contribution in [1.29, 1.82) is 5.26 Å². The maximum absolute atomic E-state index is 12.0. The second-order valence-corrected chi connectivity index (χ2v) is 6.34. The molecule has 142 valence electrons. The maximum atomic E-state index is 12.0. The van der Waals surface area contributed by atoms with E-state index in [1.165, 1.54) is 11.8 Å². The molecular formula is C19H21N3O4S. The number of aromatic amines is 1. The summed E-state index contributed by atoms with van der Waals surface area (Å²) in [5.74, 6) is 0.480. The topological polar surface area (TPSA) is 105 Å². The summed E-state index contributed by atoms with van der Waals surface area (Å²) in [6.45, 7) is 2.67. The second kappa shape index (κ2) is 10.4. The van der Waals surface area contributed by atoms with Crippen molar-refractivity contribution in [2.45, 2.75) is 31.3 Å². The quantitative estimate of drug-likeness (QED) is 0.305. The van der Waals surface area contributed by atoms with Crippen molar-refractivity contribution >= 4 is 17.7 Å². The van der Waals surface area contributed by atoms with Crippen LogP contribution in [-0.2, 0) is 9.53 Å². The lowest BCUT2D eigenvalue weighted by atomic mass is 10.1. The molecule has 0 aliphatic heterocycles. The summed E-state index contributed by atoms with van der Waals surface area (Å²) in [5.41, 5.74) is 0.559. The van der Waals surface area contributed by atoms with Crippen LogP contribution in [0.5, 0.6) is 5.75 Å². The smallest absolute Gasteiger partial charge is 0.305 e. The molecule has 2 aromatic rings. The number of nitrogens with zero attached hydrogens (tertiary/aromatic N) is 2.